The van der Waals surface area contributed by atoms with Crippen molar-refractivity contribution in [1.29, 1.82) is 0 Å². The van der Waals surface area contributed by atoms with Crippen LogP contribution in [0.1, 0.15) is 42.3 Å². The maximum absolute atomic E-state index is 13.5. The Morgan fingerprint density at radius 1 is 0.938 bits per heavy atom. The van der Waals surface area contributed by atoms with Crippen molar-refractivity contribution in [2.45, 2.75) is 32.7 Å². The Balaban J connectivity index is 1.77. The van der Waals surface area contributed by atoms with Crippen molar-refractivity contribution in [1.82, 2.24) is 9.88 Å². The lowest BCUT2D eigenvalue weighted by atomic mass is 9.86. The average Bonchev–Trinajstić information content (AvgIpc) is 2.78. The summed E-state index contributed by atoms with van der Waals surface area (Å²) in [6, 6.07) is 26.3. The van der Waals surface area contributed by atoms with E-state index in [2.05, 4.69) is 61.0 Å². The number of aromatic nitrogens is 1. The van der Waals surface area contributed by atoms with E-state index in [4.69, 9.17) is 4.98 Å². The van der Waals surface area contributed by atoms with Crippen LogP contribution >= 0.6 is 15.9 Å². The smallest absolute Gasteiger partial charge is 0.254 e. The highest BCUT2D eigenvalue weighted by Gasteiger charge is 2.19. The molecule has 162 valence electrons. The lowest BCUT2D eigenvalue weighted by molar-refractivity contribution is 0.0787. The van der Waals surface area contributed by atoms with Gasteiger partial charge in [0.05, 0.1) is 16.8 Å². The van der Waals surface area contributed by atoms with Crippen molar-refractivity contribution >= 4 is 32.7 Å². The number of pyridine rings is 1. The van der Waals surface area contributed by atoms with Crippen molar-refractivity contribution in [3.05, 3.63) is 100 Å². The van der Waals surface area contributed by atoms with Crippen molar-refractivity contribution in [2.24, 2.45) is 0 Å². The summed E-state index contributed by atoms with van der Waals surface area (Å²) < 4.78 is 0.925. The number of carbonyl (C=O) groups is 1. The van der Waals surface area contributed by atoms with Crippen LogP contribution in [0.4, 0.5) is 0 Å². The third-order valence-electron chi connectivity index (χ3n) is 5.66. The van der Waals surface area contributed by atoms with Gasteiger partial charge in [0.1, 0.15) is 0 Å². The summed E-state index contributed by atoms with van der Waals surface area (Å²) in [5.41, 5.74) is 5.72. The second-order valence-electron chi connectivity index (χ2n) is 9.19. The van der Waals surface area contributed by atoms with Crippen LogP contribution < -0.4 is 0 Å². The molecule has 1 aromatic heterocycles. The van der Waals surface area contributed by atoms with Crippen LogP contribution in [0.5, 0.6) is 0 Å². The van der Waals surface area contributed by atoms with Crippen LogP contribution in [0.3, 0.4) is 0 Å². The number of nitrogens with zero attached hydrogens (tertiary/aromatic N) is 2. The summed E-state index contributed by atoms with van der Waals surface area (Å²) in [6.07, 6.45) is 0. The molecule has 0 saturated carbocycles. The number of carbonyl (C=O) groups excluding carboxylic acids is 1. The van der Waals surface area contributed by atoms with E-state index in [-0.39, 0.29) is 11.3 Å². The van der Waals surface area contributed by atoms with Gasteiger partial charge in [0.25, 0.3) is 5.91 Å². The summed E-state index contributed by atoms with van der Waals surface area (Å²) in [5.74, 6) is -0.0214. The second-order valence-corrected chi connectivity index (χ2v) is 10.1. The molecule has 0 N–H and O–H groups in total. The average molecular weight is 487 g/mol. The van der Waals surface area contributed by atoms with Crippen molar-refractivity contribution in [3.63, 3.8) is 0 Å². The van der Waals surface area contributed by atoms with Gasteiger partial charge in [-0.3, -0.25) is 4.79 Å². The molecule has 0 saturated heterocycles. The van der Waals surface area contributed by atoms with Gasteiger partial charge >= 0.3 is 0 Å². The van der Waals surface area contributed by atoms with Crippen LogP contribution in [-0.4, -0.2) is 22.8 Å². The highest BCUT2D eigenvalue weighted by atomic mass is 79.9. The largest absolute Gasteiger partial charge is 0.337 e. The quantitative estimate of drug-likeness (QED) is 0.304. The molecular formula is C28H27BrN2O. The van der Waals surface area contributed by atoms with E-state index in [0.29, 0.717) is 12.1 Å². The van der Waals surface area contributed by atoms with E-state index in [1.165, 1.54) is 5.56 Å². The molecule has 0 aliphatic carbocycles. The number of hydrogen-bond donors (Lipinski definition) is 0. The standard InChI is InChI=1S/C28H27BrN2O/c1-28(2,3)21-12-10-20(11-13-21)26-17-24(23-16-22(29)14-15-25(23)30-26)27(32)31(4)18-19-8-6-5-7-9-19/h5-17H,18H2,1-4H3. The van der Waals surface area contributed by atoms with Gasteiger partial charge in [-0.2, -0.15) is 0 Å². The Labute approximate surface area is 198 Å². The van der Waals surface area contributed by atoms with E-state index in [0.717, 1.165) is 32.2 Å². The fourth-order valence-corrected chi connectivity index (χ4v) is 4.16. The van der Waals surface area contributed by atoms with E-state index in [9.17, 15) is 4.79 Å². The first-order valence-electron chi connectivity index (χ1n) is 10.7. The van der Waals surface area contributed by atoms with Crippen molar-refractivity contribution < 1.29 is 4.79 Å². The van der Waals surface area contributed by atoms with Gasteiger partial charge in [-0.1, -0.05) is 91.3 Å². The molecule has 0 atom stereocenters. The molecule has 0 aliphatic rings. The number of fused-ring (bicyclic) bond motifs is 1. The monoisotopic (exact) mass is 486 g/mol. The Kier molecular flexibility index (Phi) is 6.16. The molecule has 0 bridgehead atoms. The first-order chi connectivity index (χ1) is 15.2. The molecule has 4 heteroatoms. The normalized spacial score (nSPS) is 11.5. The van der Waals surface area contributed by atoms with Crippen LogP contribution in [0.2, 0.25) is 0 Å². The van der Waals surface area contributed by atoms with Gasteiger partial charge in [-0.15, -0.1) is 0 Å². The summed E-state index contributed by atoms with van der Waals surface area (Å²) in [6.45, 7) is 7.15. The van der Waals surface area contributed by atoms with E-state index >= 15 is 0 Å². The van der Waals surface area contributed by atoms with Crippen LogP contribution in [0.15, 0.2) is 83.3 Å². The molecule has 0 aliphatic heterocycles. The summed E-state index contributed by atoms with van der Waals surface area (Å²) in [5, 5.41) is 0.847. The predicted molar refractivity (Wildman–Crippen MR) is 136 cm³/mol. The molecule has 3 aromatic carbocycles. The minimum atomic E-state index is -0.0214. The third kappa shape index (κ3) is 4.76. The molecular weight excluding hydrogens is 460 g/mol. The molecule has 3 nitrogen and oxygen atoms in total. The molecule has 32 heavy (non-hydrogen) atoms. The van der Waals surface area contributed by atoms with Crippen molar-refractivity contribution in [3.8, 4) is 11.3 Å². The maximum Gasteiger partial charge on any atom is 0.254 e. The van der Waals surface area contributed by atoms with Gasteiger partial charge in [-0.25, -0.2) is 4.98 Å². The summed E-state index contributed by atoms with van der Waals surface area (Å²) >= 11 is 3.54. The Morgan fingerprint density at radius 2 is 1.62 bits per heavy atom. The predicted octanol–water partition coefficient (Wildman–Crippen LogP) is 7.23. The Bertz CT molecular complexity index is 1260. The first-order valence-corrected chi connectivity index (χ1v) is 11.5. The third-order valence-corrected chi connectivity index (χ3v) is 6.15. The number of amides is 1. The Hall–Kier alpha value is -2.98. The second kappa shape index (κ2) is 8.87. The first kappa shape index (κ1) is 22.2. The van der Waals surface area contributed by atoms with Crippen LogP contribution in [-0.2, 0) is 12.0 Å². The minimum absolute atomic E-state index is 0.0214. The van der Waals surface area contributed by atoms with Gasteiger partial charge in [0.2, 0.25) is 0 Å². The number of benzene rings is 3. The fraction of sp³-hybridized carbons (Fsp3) is 0.214. The maximum atomic E-state index is 13.5. The molecule has 1 heterocycles. The fourth-order valence-electron chi connectivity index (χ4n) is 3.80. The van der Waals surface area contributed by atoms with E-state index in [1.807, 2.05) is 61.6 Å². The number of halogens is 1. The minimum Gasteiger partial charge on any atom is -0.337 e. The molecule has 0 fully saturated rings. The molecule has 1 amide bonds. The molecule has 0 spiro atoms. The number of rotatable bonds is 4. The molecule has 4 rings (SSSR count). The van der Waals surface area contributed by atoms with Gasteiger partial charge in [-0.05, 0) is 40.8 Å². The summed E-state index contributed by atoms with van der Waals surface area (Å²) in [4.78, 5) is 20.2. The SMILES string of the molecule is CN(Cc1ccccc1)C(=O)c1cc(-c2ccc(C(C)(C)C)cc2)nc2ccc(Br)cc12. The summed E-state index contributed by atoms with van der Waals surface area (Å²) in [7, 11) is 1.84. The van der Waals surface area contributed by atoms with Crippen LogP contribution in [0.25, 0.3) is 22.2 Å². The van der Waals surface area contributed by atoms with E-state index in [1.54, 1.807) is 4.90 Å². The molecule has 4 aromatic rings. The highest BCUT2D eigenvalue weighted by Crippen LogP contribution is 2.30. The number of hydrogen-bond acceptors (Lipinski definition) is 2. The topological polar surface area (TPSA) is 33.2 Å². The van der Waals surface area contributed by atoms with Gasteiger partial charge in [0.15, 0.2) is 0 Å². The van der Waals surface area contributed by atoms with Crippen molar-refractivity contribution in [2.75, 3.05) is 7.05 Å². The molecule has 0 radical (unpaired) electrons. The van der Waals surface area contributed by atoms with Gasteiger partial charge < -0.3 is 4.90 Å². The van der Waals surface area contributed by atoms with Gasteiger partial charge in [0, 0.05) is 29.0 Å². The zero-order valence-electron chi connectivity index (χ0n) is 18.9. The lowest BCUT2D eigenvalue weighted by Crippen LogP contribution is -2.26. The molecule has 0 unspecified atom stereocenters. The zero-order valence-corrected chi connectivity index (χ0v) is 20.5. The Morgan fingerprint density at radius 3 is 2.28 bits per heavy atom. The van der Waals surface area contributed by atoms with E-state index < -0.39 is 0 Å². The highest BCUT2D eigenvalue weighted by molar-refractivity contribution is 9.10. The lowest BCUT2D eigenvalue weighted by Gasteiger charge is -2.20. The van der Waals surface area contributed by atoms with Crippen LogP contribution in [0, 0.1) is 0 Å². The zero-order chi connectivity index (χ0) is 22.9.